The van der Waals surface area contributed by atoms with E-state index in [1.54, 1.807) is 18.2 Å². The predicted octanol–water partition coefficient (Wildman–Crippen LogP) is 0.138. The van der Waals surface area contributed by atoms with Gasteiger partial charge in [0, 0.05) is 7.11 Å². The Morgan fingerprint density at radius 1 is 1.33 bits per heavy atom. The molecule has 0 radical (unpaired) electrons. The summed E-state index contributed by atoms with van der Waals surface area (Å²) < 4.78 is 29.5. The zero-order valence-electron chi connectivity index (χ0n) is 8.14. The van der Waals surface area contributed by atoms with Gasteiger partial charge in [-0.2, -0.15) is 0 Å². The van der Waals surface area contributed by atoms with Gasteiger partial charge in [0.25, 0.3) is 15.9 Å². The number of hydrogen-bond acceptors (Lipinski definition) is 4. The minimum absolute atomic E-state index is 0.0504. The van der Waals surface area contributed by atoms with E-state index in [9.17, 15) is 13.2 Å². The van der Waals surface area contributed by atoms with E-state index in [1.807, 2.05) is 4.72 Å². The molecule has 6 heteroatoms. The van der Waals surface area contributed by atoms with Crippen LogP contribution in [0, 0.1) is 0 Å². The summed E-state index contributed by atoms with van der Waals surface area (Å²) in [5.41, 5.74) is 0. The van der Waals surface area contributed by atoms with Crippen LogP contribution < -0.4 is 4.72 Å². The molecule has 0 heterocycles. The van der Waals surface area contributed by atoms with E-state index < -0.39 is 15.9 Å². The number of hydrogen-bond donors (Lipinski definition) is 1. The predicted molar refractivity (Wildman–Crippen MR) is 53.6 cm³/mol. The highest BCUT2D eigenvalue weighted by Gasteiger charge is 2.16. The molecule has 1 N–H and O–H groups in total. The molecule has 5 nitrogen and oxygen atoms in total. The molecule has 1 aromatic rings. The van der Waals surface area contributed by atoms with Crippen LogP contribution in [0.3, 0.4) is 0 Å². The zero-order chi connectivity index (χ0) is 11.3. The molecular formula is C9H11NO4S. The lowest BCUT2D eigenvalue weighted by Crippen LogP contribution is -2.33. The highest BCUT2D eigenvalue weighted by Crippen LogP contribution is 2.06. The summed E-state index contributed by atoms with van der Waals surface area (Å²) in [5, 5.41) is 0. The Morgan fingerprint density at radius 2 is 1.93 bits per heavy atom. The van der Waals surface area contributed by atoms with Crippen molar-refractivity contribution in [1.82, 2.24) is 4.72 Å². The van der Waals surface area contributed by atoms with Crippen molar-refractivity contribution in [3.8, 4) is 0 Å². The number of methoxy groups -OCH3 is 1. The first-order chi connectivity index (χ1) is 7.06. The van der Waals surface area contributed by atoms with Gasteiger partial charge < -0.3 is 4.74 Å². The Morgan fingerprint density at radius 3 is 2.47 bits per heavy atom. The van der Waals surface area contributed by atoms with Crippen molar-refractivity contribution < 1.29 is 17.9 Å². The summed E-state index contributed by atoms with van der Waals surface area (Å²) in [6.45, 7) is -0.286. The van der Waals surface area contributed by atoms with E-state index in [1.165, 1.54) is 19.2 Å². The van der Waals surface area contributed by atoms with Crippen LogP contribution in [-0.2, 0) is 19.6 Å². The van der Waals surface area contributed by atoms with Crippen LogP contribution in [-0.4, -0.2) is 28.0 Å². The molecule has 1 rings (SSSR count). The molecule has 0 unspecified atom stereocenters. The molecule has 0 aromatic heterocycles. The third-order valence-corrected chi connectivity index (χ3v) is 2.97. The van der Waals surface area contributed by atoms with Gasteiger partial charge >= 0.3 is 0 Å². The number of rotatable bonds is 4. The van der Waals surface area contributed by atoms with Gasteiger partial charge in [0.2, 0.25) is 0 Å². The number of nitrogens with one attached hydrogen (secondary N) is 1. The molecule has 0 aliphatic carbocycles. The number of benzene rings is 1. The molecule has 1 amide bonds. The standard InChI is InChI=1S/C9H11NO4S/c1-14-7-9(11)10-15(12,13)8-5-3-2-4-6-8/h2-6H,7H2,1H3,(H,10,11). The van der Waals surface area contributed by atoms with E-state index in [0.717, 1.165) is 0 Å². The third kappa shape index (κ3) is 3.34. The summed E-state index contributed by atoms with van der Waals surface area (Å²) in [4.78, 5) is 11.1. The lowest BCUT2D eigenvalue weighted by molar-refractivity contribution is -0.122. The monoisotopic (exact) mass is 229 g/mol. The van der Waals surface area contributed by atoms with E-state index >= 15 is 0 Å². The van der Waals surface area contributed by atoms with Crippen molar-refractivity contribution in [2.75, 3.05) is 13.7 Å². The van der Waals surface area contributed by atoms with Gasteiger partial charge in [-0.15, -0.1) is 0 Å². The second kappa shape index (κ2) is 4.90. The first-order valence-electron chi connectivity index (χ1n) is 4.16. The van der Waals surface area contributed by atoms with Gasteiger partial charge in [-0.3, -0.25) is 4.79 Å². The number of sulfonamides is 1. The molecule has 0 aliphatic heterocycles. The molecule has 1 aromatic carbocycles. The fourth-order valence-corrected chi connectivity index (χ4v) is 1.96. The maximum atomic E-state index is 11.5. The molecule has 0 saturated carbocycles. The molecular weight excluding hydrogens is 218 g/mol. The number of carbonyl (C=O) groups is 1. The largest absolute Gasteiger partial charge is 0.375 e. The van der Waals surface area contributed by atoms with E-state index in [2.05, 4.69) is 4.74 Å². The Labute approximate surface area is 88.1 Å². The molecule has 0 spiro atoms. The van der Waals surface area contributed by atoms with Gasteiger partial charge in [-0.1, -0.05) is 18.2 Å². The molecule has 0 saturated heterocycles. The Balaban J connectivity index is 2.81. The Hall–Kier alpha value is -1.40. The SMILES string of the molecule is COCC(=O)NS(=O)(=O)c1ccccc1. The van der Waals surface area contributed by atoms with Crippen molar-refractivity contribution in [3.05, 3.63) is 30.3 Å². The second-order valence-electron chi connectivity index (χ2n) is 2.77. The van der Waals surface area contributed by atoms with Crippen LogP contribution >= 0.6 is 0 Å². The Bertz CT molecular complexity index is 427. The molecule has 0 atom stereocenters. The highest BCUT2D eigenvalue weighted by molar-refractivity contribution is 7.90. The van der Waals surface area contributed by atoms with Crippen molar-refractivity contribution in [1.29, 1.82) is 0 Å². The average Bonchev–Trinajstić information content (AvgIpc) is 2.18. The van der Waals surface area contributed by atoms with Crippen molar-refractivity contribution >= 4 is 15.9 Å². The van der Waals surface area contributed by atoms with Crippen molar-refractivity contribution in [2.45, 2.75) is 4.90 Å². The summed E-state index contributed by atoms with van der Waals surface area (Å²) in [6.07, 6.45) is 0. The van der Waals surface area contributed by atoms with Crippen molar-refractivity contribution in [2.24, 2.45) is 0 Å². The summed E-state index contributed by atoms with van der Waals surface area (Å²) in [7, 11) is -2.45. The summed E-state index contributed by atoms with van der Waals surface area (Å²) in [6, 6.07) is 7.66. The van der Waals surface area contributed by atoms with Gasteiger partial charge in [0.1, 0.15) is 6.61 Å². The van der Waals surface area contributed by atoms with Crippen LogP contribution in [0.15, 0.2) is 35.2 Å². The third-order valence-electron chi connectivity index (χ3n) is 1.58. The maximum absolute atomic E-state index is 11.5. The fraction of sp³-hybridized carbons (Fsp3) is 0.222. The Kier molecular flexibility index (Phi) is 3.81. The molecule has 15 heavy (non-hydrogen) atoms. The quantitative estimate of drug-likeness (QED) is 0.797. The van der Waals surface area contributed by atoms with Crippen molar-refractivity contribution in [3.63, 3.8) is 0 Å². The van der Waals surface area contributed by atoms with E-state index in [4.69, 9.17) is 0 Å². The average molecular weight is 229 g/mol. The van der Waals surface area contributed by atoms with Gasteiger partial charge in [0.05, 0.1) is 4.90 Å². The summed E-state index contributed by atoms with van der Waals surface area (Å²) in [5.74, 6) is -0.693. The van der Waals surface area contributed by atoms with Crippen LogP contribution in [0.5, 0.6) is 0 Å². The number of amides is 1. The molecule has 0 fully saturated rings. The number of carbonyl (C=O) groups excluding carboxylic acids is 1. The molecule has 0 bridgehead atoms. The van der Waals surface area contributed by atoms with E-state index in [-0.39, 0.29) is 11.5 Å². The fourth-order valence-electron chi connectivity index (χ4n) is 0.969. The van der Waals surface area contributed by atoms with Crippen LogP contribution in [0.1, 0.15) is 0 Å². The topological polar surface area (TPSA) is 72.5 Å². The highest BCUT2D eigenvalue weighted by atomic mass is 32.2. The lowest BCUT2D eigenvalue weighted by Gasteiger charge is -2.05. The normalized spacial score (nSPS) is 11.0. The van der Waals surface area contributed by atoms with Crippen LogP contribution in [0.2, 0.25) is 0 Å². The first-order valence-corrected chi connectivity index (χ1v) is 5.64. The molecule has 0 aliphatic rings. The smallest absolute Gasteiger partial charge is 0.264 e. The molecule has 82 valence electrons. The summed E-state index contributed by atoms with van der Waals surface area (Å²) >= 11 is 0. The van der Waals surface area contributed by atoms with E-state index in [0.29, 0.717) is 0 Å². The number of ether oxygens (including phenoxy) is 1. The van der Waals surface area contributed by atoms with Crippen LogP contribution in [0.25, 0.3) is 0 Å². The van der Waals surface area contributed by atoms with Gasteiger partial charge in [-0.25, -0.2) is 13.1 Å². The minimum atomic E-state index is -3.76. The van der Waals surface area contributed by atoms with Gasteiger partial charge in [0.15, 0.2) is 0 Å². The van der Waals surface area contributed by atoms with Gasteiger partial charge in [-0.05, 0) is 12.1 Å². The second-order valence-corrected chi connectivity index (χ2v) is 4.46. The minimum Gasteiger partial charge on any atom is -0.375 e. The zero-order valence-corrected chi connectivity index (χ0v) is 8.95. The maximum Gasteiger partial charge on any atom is 0.264 e. The lowest BCUT2D eigenvalue weighted by atomic mass is 10.4. The first kappa shape index (κ1) is 11.7. The van der Waals surface area contributed by atoms with Crippen LogP contribution in [0.4, 0.5) is 0 Å².